The molecule has 0 bridgehead atoms. The van der Waals surface area contributed by atoms with Crippen molar-refractivity contribution in [3.63, 3.8) is 0 Å². The van der Waals surface area contributed by atoms with Crippen molar-refractivity contribution in [2.75, 3.05) is 19.0 Å². The van der Waals surface area contributed by atoms with E-state index in [0.717, 1.165) is 0 Å². The summed E-state index contributed by atoms with van der Waals surface area (Å²) in [5.41, 5.74) is 0.445. The smallest absolute Gasteiger partial charge is 0.264 e. The molecule has 1 amide bonds. The van der Waals surface area contributed by atoms with E-state index in [1.165, 1.54) is 25.3 Å². The van der Waals surface area contributed by atoms with E-state index in [1.807, 2.05) is 6.92 Å². The van der Waals surface area contributed by atoms with Gasteiger partial charge in [-0.25, -0.2) is 8.42 Å². The molecule has 21 heavy (non-hydrogen) atoms. The first-order chi connectivity index (χ1) is 9.81. The second kappa shape index (κ2) is 6.21. The molecule has 1 heterocycles. The maximum absolute atomic E-state index is 12.1. The fourth-order valence-corrected chi connectivity index (χ4v) is 3.19. The Morgan fingerprint density at radius 1 is 1.48 bits per heavy atom. The van der Waals surface area contributed by atoms with Gasteiger partial charge in [-0.3, -0.25) is 4.79 Å². The maximum Gasteiger partial charge on any atom is 0.264 e. The predicted molar refractivity (Wildman–Crippen MR) is 78.2 cm³/mol. The van der Waals surface area contributed by atoms with Gasteiger partial charge in [0.1, 0.15) is 10.6 Å². The molecule has 1 aliphatic heterocycles. The first-order valence-electron chi connectivity index (χ1n) is 6.36. The molecule has 0 spiro atoms. The molecule has 1 aromatic rings. The lowest BCUT2D eigenvalue weighted by molar-refractivity contribution is -0.119. The summed E-state index contributed by atoms with van der Waals surface area (Å²) >= 11 is 0. The van der Waals surface area contributed by atoms with Crippen molar-refractivity contribution >= 4 is 31.3 Å². The third-order valence-electron chi connectivity index (χ3n) is 3.26. The number of hydrogen-bond donors (Lipinski definition) is 1. The van der Waals surface area contributed by atoms with Crippen molar-refractivity contribution in [3.05, 3.63) is 18.2 Å². The highest BCUT2D eigenvalue weighted by Crippen LogP contribution is 2.30. The van der Waals surface area contributed by atoms with Crippen LogP contribution in [0.1, 0.15) is 13.3 Å². The van der Waals surface area contributed by atoms with Crippen molar-refractivity contribution in [1.29, 1.82) is 0 Å². The van der Waals surface area contributed by atoms with Gasteiger partial charge in [0.15, 0.2) is 0 Å². The number of amides is 1. The normalized spacial score (nSPS) is 22.0. The fourth-order valence-electron chi connectivity index (χ4n) is 2.19. The van der Waals surface area contributed by atoms with Gasteiger partial charge >= 0.3 is 0 Å². The lowest BCUT2D eigenvalue weighted by atomic mass is 10.1. The molecule has 8 heteroatoms. The van der Waals surface area contributed by atoms with Crippen LogP contribution in [0.15, 0.2) is 23.1 Å². The molecule has 2 atom stereocenters. The second-order valence-corrected chi connectivity index (χ2v) is 7.40. The van der Waals surface area contributed by atoms with Gasteiger partial charge in [-0.1, -0.05) is 0 Å². The number of hydrogen-bond acceptors (Lipinski definition) is 5. The fraction of sp³-hybridized carbons (Fsp3) is 0.462. The van der Waals surface area contributed by atoms with E-state index < -0.39 is 9.05 Å². The van der Waals surface area contributed by atoms with Gasteiger partial charge in [-0.2, -0.15) is 0 Å². The van der Waals surface area contributed by atoms with Crippen LogP contribution < -0.4 is 10.1 Å². The lowest BCUT2D eigenvalue weighted by Gasteiger charge is -2.12. The highest BCUT2D eigenvalue weighted by atomic mass is 35.7. The zero-order valence-corrected chi connectivity index (χ0v) is 13.2. The molecule has 0 aliphatic carbocycles. The average Bonchev–Trinajstić information content (AvgIpc) is 2.84. The number of carbonyl (C=O) groups excluding carboxylic acids is 1. The van der Waals surface area contributed by atoms with Crippen molar-refractivity contribution in [2.24, 2.45) is 5.92 Å². The lowest BCUT2D eigenvalue weighted by Crippen LogP contribution is -2.23. The van der Waals surface area contributed by atoms with Gasteiger partial charge in [0, 0.05) is 22.4 Å². The Morgan fingerprint density at radius 2 is 2.19 bits per heavy atom. The summed E-state index contributed by atoms with van der Waals surface area (Å²) in [5, 5.41) is 2.72. The Balaban J connectivity index is 2.16. The van der Waals surface area contributed by atoms with Crippen LogP contribution in [0, 0.1) is 5.92 Å². The summed E-state index contributed by atoms with van der Waals surface area (Å²) in [4.78, 5) is 11.9. The molecule has 1 aliphatic rings. The Morgan fingerprint density at radius 3 is 2.71 bits per heavy atom. The van der Waals surface area contributed by atoms with Crippen LogP contribution in [0.5, 0.6) is 5.75 Å². The minimum atomic E-state index is -3.90. The molecular weight excluding hydrogens is 318 g/mol. The van der Waals surface area contributed by atoms with Gasteiger partial charge in [-0.15, -0.1) is 0 Å². The molecule has 0 radical (unpaired) electrons. The van der Waals surface area contributed by atoms with E-state index in [4.69, 9.17) is 20.2 Å². The zero-order chi connectivity index (χ0) is 15.6. The van der Waals surface area contributed by atoms with Crippen LogP contribution in [-0.4, -0.2) is 34.1 Å². The first kappa shape index (κ1) is 16.1. The number of nitrogens with one attached hydrogen (secondary N) is 1. The predicted octanol–water partition coefficient (Wildman–Crippen LogP) is 1.99. The Kier molecular flexibility index (Phi) is 4.75. The molecule has 0 aromatic heterocycles. The number of halogens is 1. The maximum atomic E-state index is 12.1. The third-order valence-corrected chi connectivity index (χ3v) is 4.62. The van der Waals surface area contributed by atoms with E-state index >= 15 is 0 Å². The minimum Gasteiger partial charge on any atom is -0.495 e. The van der Waals surface area contributed by atoms with Crippen molar-refractivity contribution in [2.45, 2.75) is 24.3 Å². The highest BCUT2D eigenvalue weighted by Gasteiger charge is 2.28. The van der Waals surface area contributed by atoms with E-state index in [-0.39, 0.29) is 28.6 Å². The molecule has 6 nitrogen and oxygen atoms in total. The number of rotatable bonds is 4. The standard InChI is InChI=1S/C13H16ClNO5S/c1-8-5-9(7-20-8)13(16)15-10-3-4-12(21(14,17)18)11(6-10)19-2/h3-4,6,8-9H,5,7H2,1-2H3,(H,15,16). The van der Waals surface area contributed by atoms with Crippen molar-refractivity contribution in [3.8, 4) is 5.75 Å². The summed E-state index contributed by atoms with van der Waals surface area (Å²) in [6, 6.07) is 4.19. The summed E-state index contributed by atoms with van der Waals surface area (Å²) in [7, 11) is 2.74. The van der Waals surface area contributed by atoms with Gasteiger partial charge in [0.2, 0.25) is 5.91 Å². The van der Waals surface area contributed by atoms with Gasteiger partial charge in [-0.05, 0) is 25.5 Å². The summed E-state index contributed by atoms with van der Waals surface area (Å²) < 4.78 is 33.1. The van der Waals surface area contributed by atoms with Gasteiger partial charge in [0.25, 0.3) is 9.05 Å². The molecule has 1 aromatic carbocycles. The second-order valence-electron chi connectivity index (χ2n) is 4.87. The van der Waals surface area contributed by atoms with Crippen molar-refractivity contribution < 1.29 is 22.7 Å². The number of ether oxygens (including phenoxy) is 2. The molecule has 1 saturated heterocycles. The third kappa shape index (κ3) is 3.87. The topological polar surface area (TPSA) is 81.7 Å². The number of anilines is 1. The van der Waals surface area contributed by atoms with Gasteiger partial charge in [0.05, 0.1) is 25.7 Å². The van der Waals surface area contributed by atoms with Crippen LogP contribution >= 0.6 is 10.7 Å². The molecule has 116 valence electrons. The molecule has 0 saturated carbocycles. The minimum absolute atomic E-state index is 0.0686. The largest absolute Gasteiger partial charge is 0.495 e. The molecule has 2 unspecified atom stereocenters. The van der Waals surface area contributed by atoms with E-state index in [9.17, 15) is 13.2 Å². The summed E-state index contributed by atoms with van der Waals surface area (Å²) in [6.07, 6.45) is 0.732. The van der Waals surface area contributed by atoms with Crippen LogP contribution in [0.3, 0.4) is 0 Å². The molecule has 1 fully saturated rings. The first-order valence-corrected chi connectivity index (χ1v) is 8.67. The van der Waals surface area contributed by atoms with Gasteiger partial charge < -0.3 is 14.8 Å². The highest BCUT2D eigenvalue weighted by molar-refractivity contribution is 8.13. The van der Waals surface area contributed by atoms with Crippen LogP contribution in [0.25, 0.3) is 0 Å². The Bertz CT molecular complexity index is 646. The molecule has 1 N–H and O–H groups in total. The van der Waals surface area contributed by atoms with Crippen molar-refractivity contribution in [1.82, 2.24) is 0 Å². The van der Waals surface area contributed by atoms with E-state index in [2.05, 4.69) is 5.32 Å². The number of methoxy groups -OCH3 is 1. The summed E-state index contributed by atoms with van der Waals surface area (Å²) in [6.45, 7) is 2.30. The molecular formula is C13H16ClNO5S. The number of benzene rings is 1. The number of carbonyl (C=O) groups is 1. The Hall–Kier alpha value is -1.31. The van der Waals surface area contributed by atoms with Crippen LogP contribution in [0.4, 0.5) is 5.69 Å². The molecule has 2 rings (SSSR count). The summed E-state index contributed by atoms with van der Waals surface area (Å²) in [5.74, 6) is -0.288. The Labute approximate surface area is 127 Å². The van der Waals surface area contributed by atoms with Crippen LogP contribution in [-0.2, 0) is 18.6 Å². The quantitative estimate of drug-likeness (QED) is 0.852. The van der Waals surface area contributed by atoms with E-state index in [1.54, 1.807) is 0 Å². The van der Waals surface area contributed by atoms with Crippen LogP contribution in [0.2, 0.25) is 0 Å². The average molecular weight is 334 g/mol. The van der Waals surface area contributed by atoms with E-state index in [0.29, 0.717) is 18.7 Å². The SMILES string of the molecule is COc1cc(NC(=O)C2COC(C)C2)ccc1S(=O)(=O)Cl. The monoisotopic (exact) mass is 333 g/mol. The zero-order valence-electron chi connectivity index (χ0n) is 11.6.